The van der Waals surface area contributed by atoms with Crippen LogP contribution in [0.3, 0.4) is 0 Å². The molecule has 4 nitrogen and oxygen atoms in total. The highest BCUT2D eigenvalue weighted by molar-refractivity contribution is 5.14. The molecule has 0 amide bonds. The van der Waals surface area contributed by atoms with E-state index >= 15 is 0 Å². The second-order valence-corrected chi connectivity index (χ2v) is 5.09. The third-order valence-electron chi connectivity index (χ3n) is 4.00. The Morgan fingerprint density at radius 3 is 3.19 bits per heavy atom. The summed E-state index contributed by atoms with van der Waals surface area (Å²) in [6, 6.07) is 0.820. The quantitative estimate of drug-likeness (QED) is 0.807. The molecule has 0 aliphatic carbocycles. The van der Waals surface area contributed by atoms with Gasteiger partial charge in [-0.25, -0.2) is 0 Å². The Balaban J connectivity index is 1.62. The molecule has 0 spiro atoms. The number of aromatic amines is 1. The SMILES string of the molecule is Cc1[nH]ncc1CN1CCN2CCCC2C1. The van der Waals surface area contributed by atoms with Crippen molar-refractivity contribution in [2.75, 3.05) is 26.2 Å². The Morgan fingerprint density at radius 2 is 2.38 bits per heavy atom. The Morgan fingerprint density at radius 1 is 1.44 bits per heavy atom. The van der Waals surface area contributed by atoms with Crippen molar-refractivity contribution >= 4 is 0 Å². The molecular weight excluding hydrogens is 200 g/mol. The summed E-state index contributed by atoms with van der Waals surface area (Å²) in [5.74, 6) is 0. The third-order valence-corrected chi connectivity index (χ3v) is 4.00. The zero-order valence-corrected chi connectivity index (χ0v) is 9.95. The Hall–Kier alpha value is -0.870. The first-order valence-electron chi connectivity index (χ1n) is 6.28. The predicted molar refractivity (Wildman–Crippen MR) is 63.2 cm³/mol. The van der Waals surface area contributed by atoms with Crippen LogP contribution in [0, 0.1) is 6.92 Å². The molecule has 2 saturated heterocycles. The van der Waals surface area contributed by atoms with Gasteiger partial charge in [0.05, 0.1) is 6.20 Å². The van der Waals surface area contributed by atoms with Gasteiger partial charge in [0.1, 0.15) is 0 Å². The van der Waals surface area contributed by atoms with E-state index in [1.807, 2.05) is 6.20 Å². The molecule has 1 aromatic rings. The number of nitrogens with one attached hydrogen (secondary N) is 1. The molecule has 2 aliphatic heterocycles. The van der Waals surface area contributed by atoms with Crippen molar-refractivity contribution in [3.05, 3.63) is 17.5 Å². The summed E-state index contributed by atoms with van der Waals surface area (Å²) in [6.45, 7) is 8.19. The van der Waals surface area contributed by atoms with Gasteiger partial charge in [-0.05, 0) is 26.3 Å². The van der Waals surface area contributed by atoms with E-state index < -0.39 is 0 Å². The van der Waals surface area contributed by atoms with Gasteiger partial charge in [-0.2, -0.15) is 5.10 Å². The number of hydrogen-bond donors (Lipinski definition) is 1. The van der Waals surface area contributed by atoms with Crippen LogP contribution in [0.5, 0.6) is 0 Å². The van der Waals surface area contributed by atoms with E-state index in [4.69, 9.17) is 0 Å². The van der Waals surface area contributed by atoms with Crippen molar-refractivity contribution in [2.24, 2.45) is 0 Å². The van der Waals surface area contributed by atoms with Gasteiger partial charge in [0.25, 0.3) is 0 Å². The maximum absolute atomic E-state index is 4.09. The van der Waals surface area contributed by atoms with Crippen molar-refractivity contribution < 1.29 is 0 Å². The highest BCUT2D eigenvalue weighted by atomic mass is 15.3. The minimum atomic E-state index is 0.820. The van der Waals surface area contributed by atoms with Gasteiger partial charge in [0, 0.05) is 43.5 Å². The molecule has 1 aromatic heterocycles. The largest absolute Gasteiger partial charge is 0.298 e. The molecule has 16 heavy (non-hydrogen) atoms. The fraction of sp³-hybridized carbons (Fsp3) is 0.750. The van der Waals surface area contributed by atoms with E-state index in [0.717, 1.165) is 12.6 Å². The molecule has 3 rings (SSSR count). The number of rotatable bonds is 2. The molecule has 1 atom stereocenters. The second kappa shape index (κ2) is 4.18. The lowest BCUT2D eigenvalue weighted by molar-refractivity contribution is 0.0992. The molecular formula is C12H20N4. The van der Waals surface area contributed by atoms with E-state index in [-0.39, 0.29) is 0 Å². The minimum absolute atomic E-state index is 0.820. The van der Waals surface area contributed by atoms with E-state index in [9.17, 15) is 0 Å². The number of aromatic nitrogens is 2. The first kappa shape index (κ1) is 10.3. The summed E-state index contributed by atoms with van der Waals surface area (Å²) in [7, 11) is 0. The molecule has 3 heterocycles. The van der Waals surface area contributed by atoms with Crippen LogP contribution in [0.1, 0.15) is 24.1 Å². The number of hydrogen-bond acceptors (Lipinski definition) is 3. The van der Waals surface area contributed by atoms with Crippen LogP contribution in [-0.2, 0) is 6.54 Å². The molecule has 1 N–H and O–H groups in total. The van der Waals surface area contributed by atoms with E-state index in [1.54, 1.807) is 0 Å². The van der Waals surface area contributed by atoms with Crippen molar-refractivity contribution in [2.45, 2.75) is 32.4 Å². The minimum Gasteiger partial charge on any atom is -0.298 e. The van der Waals surface area contributed by atoms with Crippen molar-refractivity contribution in [3.8, 4) is 0 Å². The Kier molecular flexibility index (Phi) is 2.69. The number of H-pyrrole nitrogens is 1. The number of aryl methyl sites for hydroxylation is 1. The maximum Gasteiger partial charge on any atom is 0.0535 e. The summed E-state index contributed by atoms with van der Waals surface area (Å²) in [4.78, 5) is 5.23. The van der Waals surface area contributed by atoms with Gasteiger partial charge >= 0.3 is 0 Å². The molecule has 2 fully saturated rings. The highest BCUT2D eigenvalue weighted by Crippen LogP contribution is 2.22. The first-order valence-corrected chi connectivity index (χ1v) is 6.28. The fourth-order valence-corrected chi connectivity index (χ4v) is 2.98. The normalized spacial score (nSPS) is 27.2. The lowest BCUT2D eigenvalue weighted by Gasteiger charge is -2.37. The number of piperazine rings is 1. The average molecular weight is 220 g/mol. The zero-order chi connectivity index (χ0) is 11.0. The van der Waals surface area contributed by atoms with Crippen LogP contribution >= 0.6 is 0 Å². The Bertz CT molecular complexity index is 360. The van der Waals surface area contributed by atoms with Gasteiger partial charge < -0.3 is 0 Å². The molecule has 4 heteroatoms. The van der Waals surface area contributed by atoms with Crippen LogP contribution in [0.4, 0.5) is 0 Å². The van der Waals surface area contributed by atoms with Gasteiger partial charge in [0.2, 0.25) is 0 Å². The van der Waals surface area contributed by atoms with Crippen molar-refractivity contribution in [1.29, 1.82) is 0 Å². The van der Waals surface area contributed by atoms with Gasteiger partial charge in [-0.15, -0.1) is 0 Å². The molecule has 0 bridgehead atoms. The van der Waals surface area contributed by atoms with Crippen LogP contribution in [0.15, 0.2) is 6.20 Å². The van der Waals surface area contributed by atoms with Crippen molar-refractivity contribution in [1.82, 2.24) is 20.0 Å². The zero-order valence-electron chi connectivity index (χ0n) is 9.95. The van der Waals surface area contributed by atoms with E-state index in [2.05, 4.69) is 26.9 Å². The van der Waals surface area contributed by atoms with Crippen LogP contribution in [0.25, 0.3) is 0 Å². The van der Waals surface area contributed by atoms with Crippen molar-refractivity contribution in [3.63, 3.8) is 0 Å². The maximum atomic E-state index is 4.09. The first-order chi connectivity index (χ1) is 7.83. The molecule has 0 radical (unpaired) electrons. The summed E-state index contributed by atoms with van der Waals surface area (Å²) >= 11 is 0. The van der Waals surface area contributed by atoms with Crippen LogP contribution in [-0.4, -0.2) is 52.2 Å². The van der Waals surface area contributed by atoms with Gasteiger partial charge in [-0.3, -0.25) is 14.9 Å². The second-order valence-electron chi connectivity index (χ2n) is 5.09. The summed E-state index contributed by atoms with van der Waals surface area (Å²) in [6.07, 6.45) is 4.75. The molecule has 88 valence electrons. The standard InChI is InChI=1S/C12H20N4/c1-10-11(7-13-14-10)8-15-5-6-16-4-2-3-12(16)9-15/h7,12H,2-6,8-9H2,1H3,(H,13,14). The monoisotopic (exact) mass is 220 g/mol. The lowest BCUT2D eigenvalue weighted by Crippen LogP contribution is -2.49. The highest BCUT2D eigenvalue weighted by Gasteiger charge is 2.30. The van der Waals surface area contributed by atoms with Crippen LogP contribution < -0.4 is 0 Å². The predicted octanol–water partition coefficient (Wildman–Crippen LogP) is 0.998. The summed E-state index contributed by atoms with van der Waals surface area (Å²) in [5, 5.41) is 7.11. The van der Waals surface area contributed by atoms with E-state index in [0.29, 0.717) is 0 Å². The third kappa shape index (κ3) is 1.87. The number of fused-ring (bicyclic) bond motifs is 1. The van der Waals surface area contributed by atoms with Gasteiger partial charge in [-0.1, -0.05) is 0 Å². The van der Waals surface area contributed by atoms with Crippen LogP contribution in [0.2, 0.25) is 0 Å². The molecule has 0 aromatic carbocycles. The smallest absolute Gasteiger partial charge is 0.0535 e. The van der Waals surface area contributed by atoms with Gasteiger partial charge in [0.15, 0.2) is 0 Å². The van der Waals surface area contributed by atoms with E-state index in [1.165, 1.54) is 50.3 Å². The average Bonchev–Trinajstić information content (AvgIpc) is 2.88. The molecule has 0 saturated carbocycles. The fourth-order valence-electron chi connectivity index (χ4n) is 2.98. The lowest BCUT2D eigenvalue weighted by atomic mass is 10.1. The Labute approximate surface area is 96.6 Å². The number of nitrogens with zero attached hydrogens (tertiary/aromatic N) is 3. The molecule has 1 unspecified atom stereocenters. The molecule has 2 aliphatic rings. The summed E-state index contributed by atoms with van der Waals surface area (Å²) in [5.41, 5.74) is 2.57. The summed E-state index contributed by atoms with van der Waals surface area (Å²) < 4.78 is 0. The topological polar surface area (TPSA) is 35.2 Å².